The molecule has 0 bridgehead atoms. The summed E-state index contributed by atoms with van der Waals surface area (Å²) in [6.07, 6.45) is 0. The molecule has 3 rings (SSSR count). The van der Waals surface area contributed by atoms with Crippen molar-refractivity contribution in [3.8, 4) is 11.8 Å². The minimum absolute atomic E-state index is 0.290. The van der Waals surface area contributed by atoms with Crippen LogP contribution in [0.25, 0.3) is 10.8 Å². The van der Waals surface area contributed by atoms with E-state index in [0.717, 1.165) is 21.9 Å². The van der Waals surface area contributed by atoms with Crippen LogP contribution in [0.1, 0.15) is 30.9 Å². The van der Waals surface area contributed by atoms with Crippen LogP contribution in [-0.4, -0.2) is 19.6 Å². The quantitative estimate of drug-likeness (QED) is 0.685. The number of amides is 1. The molecule has 0 fully saturated rings. The smallest absolute Gasteiger partial charge is 0.241 e. The summed E-state index contributed by atoms with van der Waals surface area (Å²) in [6, 6.07) is 23.9. The molecule has 142 valence electrons. The molecule has 0 spiro atoms. The second kappa shape index (κ2) is 8.14. The highest BCUT2D eigenvalue weighted by atomic mass is 16.5. The number of para-hydroxylation sites is 1. The minimum atomic E-state index is -1.31. The van der Waals surface area contributed by atoms with Crippen LogP contribution in [0.3, 0.4) is 0 Å². The van der Waals surface area contributed by atoms with Gasteiger partial charge in [-0.1, -0.05) is 60.7 Å². The van der Waals surface area contributed by atoms with Crippen LogP contribution >= 0.6 is 0 Å². The van der Waals surface area contributed by atoms with Crippen molar-refractivity contribution in [1.29, 1.82) is 5.26 Å². The van der Waals surface area contributed by atoms with Crippen molar-refractivity contribution < 1.29 is 9.53 Å². The third-order valence-electron chi connectivity index (χ3n) is 5.20. The van der Waals surface area contributed by atoms with Gasteiger partial charge in [-0.3, -0.25) is 4.79 Å². The van der Waals surface area contributed by atoms with E-state index in [2.05, 4.69) is 11.4 Å². The molecule has 0 aliphatic rings. The number of nitrogens with one attached hydrogen (secondary N) is 1. The van der Waals surface area contributed by atoms with Crippen LogP contribution in [0.15, 0.2) is 66.7 Å². The van der Waals surface area contributed by atoms with E-state index in [4.69, 9.17) is 4.74 Å². The molecule has 0 aliphatic heterocycles. The molecule has 3 aromatic rings. The number of hydrogen-bond acceptors (Lipinski definition) is 3. The van der Waals surface area contributed by atoms with Gasteiger partial charge in [0, 0.05) is 18.0 Å². The lowest BCUT2D eigenvalue weighted by atomic mass is 9.69. The predicted octanol–water partition coefficient (Wildman–Crippen LogP) is 4.65. The van der Waals surface area contributed by atoms with Crippen LogP contribution in [0, 0.1) is 16.7 Å². The van der Waals surface area contributed by atoms with E-state index < -0.39 is 11.3 Å². The number of hydrogen-bond donors (Lipinski definition) is 1. The van der Waals surface area contributed by atoms with E-state index in [-0.39, 0.29) is 5.91 Å². The van der Waals surface area contributed by atoms with Gasteiger partial charge in [-0.2, -0.15) is 5.26 Å². The standard InChI is InChI=1S/C24H24N2O2/c1-4-26-23(27)24(2,16-25)22(20-13-7-8-15-21(20)28-3)19-14-9-11-17-10-5-6-12-18(17)19/h5-15,22H,4H2,1-3H3,(H,26,27). The molecule has 0 heterocycles. The molecular weight excluding hydrogens is 348 g/mol. The number of carbonyl (C=O) groups is 1. The lowest BCUT2D eigenvalue weighted by Crippen LogP contribution is -2.42. The average molecular weight is 372 g/mol. The molecule has 3 aromatic carbocycles. The maximum atomic E-state index is 13.0. The highest BCUT2D eigenvalue weighted by Crippen LogP contribution is 2.46. The Morgan fingerprint density at radius 2 is 1.71 bits per heavy atom. The zero-order valence-corrected chi connectivity index (χ0v) is 16.4. The van der Waals surface area contributed by atoms with Crippen molar-refractivity contribution in [2.45, 2.75) is 19.8 Å². The number of ether oxygens (including phenoxy) is 1. The Morgan fingerprint density at radius 3 is 2.43 bits per heavy atom. The van der Waals surface area contributed by atoms with Crippen molar-refractivity contribution in [3.05, 3.63) is 77.9 Å². The summed E-state index contributed by atoms with van der Waals surface area (Å²) in [5.41, 5.74) is 0.434. The van der Waals surface area contributed by atoms with E-state index in [1.54, 1.807) is 14.0 Å². The number of nitrogens with zero attached hydrogens (tertiary/aromatic N) is 1. The van der Waals surface area contributed by atoms with Gasteiger partial charge in [-0.05, 0) is 36.2 Å². The van der Waals surface area contributed by atoms with E-state index >= 15 is 0 Å². The van der Waals surface area contributed by atoms with E-state index in [9.17, 15) is 10.1 Å². The fourth-order valence-corrected chi connectivity index (χ4v) is 3.79. The largest absolute Gasteiger partial charge is 0.496 e. The fourth-order valence-electron chi connectivity index (χ4n) is 3.79. The molecular formula is C24H24N2O2. The van der Waals surface area contributed by atoms with Crippen molar-refractivity contribution in [1.82, 2.24) is 5.32 Å². The molecule has 2 unspecified atom stereocenters. The Hall–Kier alpha value is -3.32. The number of methoxy groups -OCH3 is 1. The Bertz CT molecular complexity index is 1030. The summed E-state index contributed by atoms with van der Waals surface area (Å²) in [5.74, 6) is -0.126. The zero-order chi connectivity index (χ0) is 20.1. The second-order valence-corrected chi connectivity index (χ2v) is 6.92. The summed E-state index contributed by atoms with van der Waals surface area (Å²) in [4.78, 5) is 13.0. The molecule has 0 saturated carbocycles. The molecule has 0 aromatic heterocycles. The van der Waals surface area contributed by atoms with Gasteiger partial charge in [0.05, 0.1) is 13.2 Å². The van der Waals surface area contributed by atoms with Gasteiger partial charge < -0.3 is 10.1 Å². The highest BCUT2D eigenvalue weighted by Gasteiger charge is 2.45. The number of fused-ring (bicyclic) bond motifs is 1. The predicted molar refractivity (Wildman–Crippen MR) is 111 cm³/mol. The fraction of sp³-hybridized carbons (Fsp3) is 0.250. The number of carbonyl (C=O) groups excluding carboxylic acids is 1. The molecule has 1 amide bonds. The Balaban J connectivity index is 2.35. The first-order chi connectivity index (χ1) is 13.6. The van der Waals surface area contributed by atoms with Crippen LogP contribution in [0.5, 0.6) is 5.75 Å². The first kappa shape index (κ1) is 19.4. The topological polar surface area (TPSA) is 62.1 Å². The van der Waals surface area contributed by atoms with Crippen LogP contribution in [-0.2, 0) is 4.79 Å². The van der Waals surface area contributed by atoms with Gasteiger partial charge in [-0.25, -0.2) is 0 Å². The summed E-state index contributed by atoms with van der Waals surface area (Å²) in [5, 5.41) is 15.1. The van der Waals surface area contributed by atoms with Crippen molar-refractivity contribution >= 4 is 16.7 Å². The normalized spacial score (nSPS) is 13.9. The molecule has 0 aliphatic carbocycles. The number of nitriles is 1. The van der Waals surface area contributed by atoms with Crippen molar-refractivity contribution in [2.24, 2.45) is 5.41 Å². The second-order valence-electron chi connectivity index (χ2n) is 6.92. The molecule has 4 heteroatoms. The highest BCUT2D eigenvalue weighted by molar-refractivity contribution is 5.91. The van der Waals surface area contributed by atoms with E-state index in [0.29, 0.717) is 12.3 Å². The first-order valence-electron chi connectivity index (χ1n) is 9.37. The molecule has 0 saturated heterocycles. The van der Waals surface area contributed by atoms with Crippen molar-refractivity contribution in [2.75, 3.05) is 13.7 Å². The summed E-state index contributed by atoms with van der Waals surface area (Å²) < 4.78 is 5.60. The maximum absolute atomic E-state index is 13.0. The van der Waals surface area contributed by atoms with Gasteiger partial charge in [0.1, 0.15) is 11.2 Å². The van der Waals surface area contributed by atoms with Gasteiger partial charge in [0.25, 0.3) is 0 Å². The third kappa shape index (κ3) is 3.32. The van der Waals surface area contributed by atoms with Gasteiger partial charge >= 0.3 is 0 Å². The Labute approximate surface area is 165 Å². The lowest BCUT2D eigenvalue weighted by Gasteiger charge is -2.33. The van der Waals surface area contributed by atoms with Gasteiger partial charge in [-0.15, -0.1) is 0 Å². The van der Waals surface area contributed by atoms with Gasteiger partial charge in [0.15, 0.2) is 0 Å². The average Bonchev–Trinajstić information content (AvgIpc) is 2.74. The van der Waals surface area contributed by atoms with Crippen molar-refractivity contribution in [3.63, 3.8) is 0 Å². The molecule has 4 nitrogen and oxygen atoms in total. The van der Waals surface area contributed by atoms with E-state index in [1.165, 1.54) is 0 Å². The van der Waals surface area contributed by atoms with Crippen LogP contribution < -0.4 is 10.1 Å². The number of rotatable bonds is 6. The first-order valence-corrected chi connectivity index (χ1v) is 9.37. The SMILES string of the molecule is CCNC(=O)C(C)(C#N)C(c1ccccc1OC)c1cccc2ccccc12. The zero-order valence-electron chi connectivity index (χ0n) is 16.4. The Morgan fingerprint density at radius 1 is 1.07 bits per heavy atom. The van der Waals surface area contributed by atoms with Crippen LogP contribution in [0.2, 0.25) is 0 Å². The summed E-state index contributed by atoms with van der Waals surface area (Å²) >= 11 is 0. The number of benzene rings is 3. The Kier molecular flexibility index (Phi) is 5.65. The summed E-state index contributed by atoms with van der Waals surface area (Å²) in [7, 11) is 1.61. The summed E-state index contributed by atoms with van der Waals surface area (Å²) in [6.45, 7) is 4.02. The maximum Gasteiger partial charge on any atom is 0.241 e. The third-order valence-corrected chi connectivity index (χ3v) is 5.20. The molecule has 0 radical (unpaired) electrons. The van der Waals surface area contributed by atoms with Crippen LogP contribution in [0.4, 0.5) is 0 Å². The molecule has 1 N–H and O–H groups in total. The minimum Gasteiger partial charge on any atom is -0.496 e. The molecule has 28 heavy (non-hydrogen) atoms. The van der Waals surface area contributed by atoms with Gasteiger partial charge in [0.2, 0.25) is 5.91 Å². The monoisotopic (exact) mass is 372 g/mol. The molecule has 2 atom stereocenters. The lowest BCUT2D eigenvalue weighted by molar-refractivity contribution is -0.127. The van der Waals surface area contributed by atoms with E-state index in [1.807, 2.05) is 73.7 Å².